The molecule has 366 valence electrons. The van der Waals surface area contributed by atoms with Gasteiger partial charge in [-0.05, 0) is 134 Å². The zero-order valence-electron chi connectivity index (χ0n) is 39.6. The summed E-state index contributed by atoms with van der Waals surface area (Å²) in [5.74, 6) is 0.0164. The van der Waals surface area contributed by atoms with Gasteiger partial charge in [-0.1, -0.05) is 18.1 Å². The number of sulfonamides is 2. The molecule has 2 atom stereocenters. The van der Waals surface area contributed by atoms with E-state index in [-0.39, 0.29) is 34.6 Å². The van der Waals surface area contributed by atoms with Crippen LogP contribution in [0.5, 0.6) is 0 Å². The predicted octanol–water partition coefficient (Wildman–Crippen LogP) is 7.20. The number of nitrogens with one attached hydrogen (secondary N) is 2. The molecule has 2 aliphatic carbocycles. The number of aromatic nitrogens is 6. The normalized spacial score (nSPS) is 20.2. The molecule has 6 aromatic rings. The average Bonchev–Trinajstić information content (AvgIpc) is 4.23. The molecule has 0 bridgehead atoms. The molecule has 2 saturated carbocycles. The van der Waals surface area contributed by atoms with Crippen LogP contribution in [0.4, 0.5) is 17.1 Å². The number of nitrogens with two attached hydrogens (primary N) is 1. The van der Waals surface area contributed by atoms with Gasteiger partial charge >= 0.3 is 5.97 Å². The van der Waals surface area contributed by atoms with Crippen molar-refractivity contribution in [1.29, 1.82) is 0 Å². The first-order valence-electron chi connectivity index (χ1n) is 23.9. The Hall–Kier alpha value is -6.12. The molecular formula is C49H61N11O7S2. The molecule has 69 heavy (non-hydrogen) atoms. The van der Waals surface area contributed by atoms with Crippen molar-refractivity contribution in [2.45, 2.75) is 115 Å². The zero-order valence-corrected chi connectivity index (χ0v) is 41.2. The van der Waals surface area contributed by atoms with Gasteiger partial charge in [0.05, 0.1) is 58.0 Å². The number of hydrogen-bond donors (Lipinski definition) is 4. The fourth-order valence-electron chi connectivity index (χ4n) is 9.56. The molecule has 7 heterocycles. The highest BCUT2D eigenvalue weighted by molar-refractivity contribution is 7.93. The summed E-state index contributed by atoms with van der Waals surface area (Å²) in [5.41, 5.74) is 15.8. The van der Waals surface area contributed by atoms with E-state index in [0.717, 1.165) is 71.7 Å². The van der Waals surface area contributed by atoms with E-state index in [1.807, 2.05) is 39.1 Å². The summed E-state index contributed by atoms with van der Waals surface area (Å²) >= 11 is 0. The van der Waals surface area contributed by atoms with Crippen molar-refractivity contribution in [2.24, 2.45) is 0 Å². The van der Waals surface area contributed by atoms with Gasteiger partial charge in [0.25, 0.3) is 5.91 Å². The number of carboxylic acid groups (broad SMARTS) is 1. The number of anilines is 3. The molecule has 0 unspecified atom stereocenters. The lowest BCUT2D eigenvalue weighted by Gasteiger charge is -2.35. The number of carbonyl (C=O) groups is 2. The third-order valence-corrected chi connectivity index (χ3v) is 15.8. The Balaban J connectivity index is 0.000000146. The van der Waals surface area contributed by atoms with Gasteiger partial charge in [-0.3, -0.25) is 13.8 Å². The highest BCUT2D eigenvalue weighted by atomic mass is 32.2. The Kier molecular flexibility index (Phi) is 13.4. The van der Waals surface area contributed by atoms with Crippen molar-refractivity contribution in [3.05, 3.63) is 112 Å². The molecule has 5 fully saturated rings. The smallest absolute Gasteiger partial charge is 0.337 e. The van der Waals surface area contributed by atoms with E-state index in [0.29, 0.717) is 48.6 Å². The van der Waals surface area contributed by atoms with Gasteiger partial charge in [0.15, 0.2) is 11.3 Å². The maximum Gasteiger partial charge on any atom is 0.337 e. The van der Waals surface area contributed by atoms with Gasteiger partial charge < -0.3 is 21.1 Å². The highest BCUT2D eigenvalue weighted by Gasteiger charge is 2.36. The van der Waals surface area contributed by atoms with Crippen molar-refractivity contribution in [3.63, 3.8) is 0 Å². The molecule has 0 radical (unpaired) electrons. The van der Waals surface area contributed by atoms with Crippen LogP contribution in [0.2, 0.25) is 0 Å². The largest absolute Gasteiger partial charge is 0.478 e. The van der Waals surface area contributed by atoms with E-state index < -0.39 is 26.0 Å². The maximum absolute atomic E-state index is 14.0. The van der Waals surface area contributed by atoms with Gasteiger partial charge in [-0.15, -0.1) is 0 Å². The number of piperidine rings is 2. The quantitative estimate of drug-likeness (QED) is 0.105. The van der Waals surface area contributed by atoms with E-state index in [1.165, 1.54) is 78.8 Å². The second kappa shape index (κ2) is 19.3. The van der Waals surface area contributed by atoms with E-state index in [4.69, 9.17) is 31.0 Å². The van der Waals surface area contributed by atoms with Crippen molar-refractivity contribution in [1.82, 2.24) is 39.4 Å². The molecule has 4 aromatic heterocycles. The number of carbonyl (C=O) groups excluding carboxylic acids is 1. The Morgan fingerprint density at radius 1 is 0.739 bits per heavy atom. The fraction of sp³-hybridized carbons (Fsp3) is 0.469. The number of benzene rings is 2. The van der Waals surface area contributed by atoms with Crippen LogP contribution >= 0.6 is 0 Å². The topological polar surface area (TPSA) is 240 Å². The van der Waals surface area contributed by atoms with Crippen LogP contribution in [-0.4, -0.2) is 99.6 Å². The van der Waals surface area contributed by atoms with E-state index in [9.17, 15) is 26.4 Å². The number of amides is 1. The van der Waals surface area contributed by atoms with E-state index >= 15 is 0 Å². The van der Waals surface area contributed by atoms with Crippen molar-refractivity contribution >= 4 is 60.3 Å². The third kappa shape index (κ3) is 10.9. The summed E-state index contributed by atoms with van der Waals surface area (Å²) in [6.45, 7) is 8.26. The second-order valence-electron chi connectivity index (χ2n) is 19.1. The monoisotopic (exact) mass is 979 g/mol. The number of nitrogens with zero attached hydrogens (tertiary/aromatic N) is 8. The van der Waals surface area contributed by atoms with E-state index in [2.05, 4.69) is 42.1 Å². The first-order valence-corrected chi connectivity index (χ1v) is 27.4. The van der Waals surface area contributed by atoms with Crippen LogP contribution in [0, 0.1) is 20.8 Å². The Morgan fingerprint density at radius 2 is 1.38 bits per heavy atom. The number of carboxylic acids is 1. The summed E-state index contributed by atoms with van der Waals surface area (Å²) < 4.78 is 54.6. The molecule has 20 heteroatoms. The Morgan fingerprint density at radius 3 is 1.96 bits per heavy atom. The molecule has 18 nitrogen and oxygen atoms in total. The minimum Gasteiger partial charge on any atom is -0.478 e. The molecule has 5 N–H and O–H groups in total. The van der Waals surface area contributed by atoms with Gasteiger partial charge in [0.1, 0.15) is 0 Å². The van der Waals surface area contributed by atoms with Crippen LogP contribution in [-0.2, 0) is 20.0 Å². The van der Waals surface area contributed by atoms with Gasteiger partial charge in [0, 0.05) is 65.5 Å². The van der Waals surface area contributed by atoms with Crippen LogP contribution in [0.3, 0.4) is 0 Å². The summed E-state index contributed by atoms with van der Waals surface area (Å²) in [6, 6.07) is 18.2. The summed E-state index contributed by atoms with van der Waals surface area (Å²) in [5, 5.41) is 22.0. The number of fused-ring (bicyclic) bond motifs is 2. The first kappa shape index (κ1) is 47.9. The molecule has 11 rings (SSSR count). The maximum atomic E-state index is 14.0. The van der Waals surface area contributed by atoms with E-state index in [1.54, 1.807) is 6.07 Å². The van der Waals surface area contributed by atoms with Gasteiger partial charge in [0.2, 0.25) is 20.0 Å². The first-order chi connectivity index (χ1) is 32.9. The molecular weight excluding hydrogens is 919 g/mol. The molecule has 5 aliphatic rings. The molecule has 3 aliphatic heterocycles. The summed E-state index contributed by atoms with van der Waals surface area (Å²) in [4.78, 5) is 36.3. The fourth-order valence-corrected chi connectivity index (χ4v) is 11.7. The minimum absolute atomic E-state index is 0.000741. The Bertz CT molecular complexity index is 3160. The zero-order chi connectivity index (χ0) is 48.8. The van der Waals surface area contributed by atoms with Crippen LogP contribution < -0.4 is 20.1 Å². The number of rotatable bonds is 9. The van der Waals surface area contributed by atoms with Crippen LogP contribution in [0.15, 0.2) is 60.7 Å². The lowest BCUT2D eigenvalue weighted by atomic mass is 9.97. The summed E-state index contributed by atoms with van der Waals surface area (Å²) in [7, 11) is -6.90. The number of hydrogen-bond acceptors (Lipinski definition) is 12. The standard InChI is InChI=1S/C26H31N5O3S.C15H20N4.C8H10N2O4S/c1-17-7-10-23(30-12-5-13-35(30,33)34)20(14-17)26(32)29-11-4-3-6-24(29)22-16-25-27-21(19-8-9-19)15-18(2)31(25)28-22;1-10-8-13(11-5-6-11)17-15-9-14(18-19(10)15)12-4-2-3-7-16-12;1-15(13,14)10-7-3-2-5(9)4-6(7)8(11)12/h7,10,14-16,19,24H,3-6,8-9,11-13H2,1-2H3;8-9,11-12,16H,2-7H2,1H3;2-4,10H,9H2,1H3,(H,11,12)/t24-;12-;/m00./s1. The van der Waals surface area contributed by atoms with Crippen molar-refractivity contribution in [3.8, 4) is 0 Å². The molecule has 3 saturated heterocycles. The SMILES string of the molecule is CS(=O)(=O)Nc1ccc(N)cc1C(=O)O.Cc1cc(C2CC2)nc2cc([C@@H]3CCCCN3)nn12.Cc1ccc(N2CCCS2(=O)=O)c(C(=O)N2CCCC[C@H]2c2cc3nc(C4CC4)cc(C)n3n2)c1. The number of nitrogen functional groups attached to an aromatic ring is 1. The van der Waals surface area contributed by atoms with Gasteiger partial charge in [-0.2, -0.15) is 10.2 Å². The summed E-state index contributed by atoms with van der Waals surface area (Å²) in [6.07, 6.45) is 13.0. The van der Waals surface area contributed by atoms with Crippen molar-refractivity contribution < 1.29 is 31.5 Å². The molecule has 0 spiro atoms. The van der Waals surface area contributed by atoms with Crippen LogP contribution in [0.1, 0.15) is 155 Å². The Labute approximate surface area is 402 Å². The lowest BCUT2D eigenvalue weighted by molar-refractivity contribution is 0.0605. The van der Waals surface area contributed by atoms with Crippen LogP contribution in [0.25, 0.3) is 11.3 Å². The predicted molar refractivity (Wildman–Crippen MR) is 265 cm³/mol. The minimum atomic E-state index is -3.50. The molecule has 1 amide bonds. The molecule has 2 aromatic carbocycles. The number of aromatic carboxylic acids is 1. The van der Waals surface area contributed by atoms with Crippen molar-refractivity contribution in [2.75, 3.05) is 46.4 Å². The average molecular weight is 980 g/mol. The lowest BCUT2D eigenvalue weighted by Crippen LogP contribution is -2.39. The van der Waals surface area contributed by atoms with Gasteiger partial charge in [-0.25, -0.2) is 40.6 Å². The number of likely N-dealkylation sites (tertiary alicyclic amines) is 1. The second-order valence-corrected chi connectivity index (χ2v) is 22.9. The number of aryl methyl sites for hydroxylation is 3. The highest BCUT2D eigenvalue weighted by Crippen LogP contribution is 2.41. The third-order valence-electron chi connectivity index (χ3n) is 13.4.